The first kappa shape index (κ1) is 17.5. The quantitative estimate of drug-likeness (QED) is 0.865. The van der Waals surface area contributed by atoms with Crippen LogP contribution in [-0.4, -0.2) is 16.0 Å². The molecule has 0 aliphatic carbocycles. The Balaban J connectivity index is 2.44. The molecule has 2 rings (SSSR count). The summed E-state index contributed by atoms with van der Waals surface area (Å²) in [6.45, 7) is 11.5. The number of carbonyl (C=O) groups is 1. The normalized spacial score (nSPS) is 12.3. The number of hydrogen-bond donors (Lipinski definition) is 1. The second kappa shape index (κ2) is 5.96. The van der Waals surface area contributed by atoms with E-state index in [9.17, 15) is 4.79 Å². The number of halogens is 1. The van der Waals surface area contributed by atoms with Gasteiger partial charge in [0, 0.05) is 21.4 Å². The molecule has 0 saturated heterocycles. The molecule has 0 atom stereocenters. The molecule has 2 aromatic rings. The Morgan fingerprint density at radius 1 is 1.17 bits per heavy atom. The maximum atomic E-state index is 12.3. The van der Waals surface area contributed by atoms with E-state index in [-0.39, 0.29) is 11.3 Å². The van der Waals surface area contributed by atoms with E-state index < -0.39 is 5.41 Å². The molecule has 124 valence electrons. The highest BCUT2D eigenvalue weighted by molar-refractivity contribution is 6.31. The summed E-state index contributed by atoms with van der Waals surface area (Å²) in [6, 6.07) is 5.18. The van der Waals surface area contributed by atoms with E-state index in [1.54, 1.807) is 18.2 Å². The molecule has 0 aliphatic rings. The number of benzene rings is 1. The Hall–Kier alpha value is -1.88. The lowest BCUT2D eigenvalue weighted by Crippen LogP contribution is -2.27. The van der Waals surface area contributed by atoms with Gasteiger partial charge in [-0.3, -0.25) is 4.79 Å². The topological polar surface area (TPSA) is 68.0 Å². The van der Waals surface area contributed by atoms with Crippen molar-refractivity contribution in [3.8, 4) is 11.4 Å². The van der Waals surface area contributed by atoms with Crippen LogP contribution in [0.1, 0.15) is 47.4 Å². The van der Waals surface area contributed by atoms with Crippen molar-refractivity contribution in [3.05, 3.63) is 29.1 Å². The molecule has 6 heteroatoms. The summed E-state index contributed by atoms with van der Waals surface area (Å²) in [6.07, 6.45) is 0. The van der Waals surface area contributed by atoms with Gasteiger partial charge in [-0.2, -0.15) is 4.98 Å². The Morgan fingerprint density at radius 3 is 2.35 bits per heavy atom. The van der Waals surface area contributed by atoms with E-state index in [2.05, 4.69) is 15.5 Å². The second-order valence-electron chi connectivity index (χ2n) is 7.57. The first-order valence-corrected chi connectivity index (χ1v) is 7.82. The third-order valence-corrected chi connectivity index (χ3v) is 3.45. The molecule has 1 aromatic carbocycles. The minimum absolute atomic E-state index is 0.0967. The number of carbonyl (C=O) groups excluding carboxylic acids is 1. The van der Waals surface area contributed by atoms with Crippen molar-refractivity contribution in [2.75, 3.05) is 5.32 Å². The van der Waals surface area contributed by atoms with Crippen molar-refractivity contribution in [2.45, 2.75) is 47.0 Å². The van der Waals surface area contributed by atoms with Crippen LogP contribution in [0, 0.1) is 5.41 Å². The van der Waals surface area contributed by atoms with Crippen molar-refractivity contribution in [1.82, 2.24) is 10.1 Å². The lowest BCUT2D eigenvalue weighted by molar-refractivity contribution is -0.123. The van der Waals surface area contributed by atoms with E-state index >= 15 is 0 Å². The fourth-order valence-corrected chi connectivity index (χ4v) is 1.93. The molecule has 0 aliphatic heterocycles. The minimum atomic E-state index is -0.509. The molecular formula is C17H22ClN3O2. The number of rotatable bonds is 2. The van der Waals surface area contributed by atoms with Crippen LogP contribution >= 0.6 is 11.6 Å². The number of anilines is 1. The first-order valence-electron chi connectivity index (χ1n) is 7.44. The molecule has 0 fully saturated rings. The fraction of sp³-hybridized carbons (Fsp3) is 0.471. The maximum Gasteiger partial charge on any atom is 0.232 e. The van der Waals surface area contributed by atoms with Crippen LogP contribution in [0.3, 0.4) is 0 Å². The SMILES string of the molecule is CC(C)(C)C(=O)Nc1ccc(Cl)cc1-c1noc(C(C)(C)C)n1. The third kappa shape index (κ3) is 4.10. The zero-order valence-corrected chi connectivity index (χ0v) is 15.1. The highest BCUT2D eigenvalue weighted by Crippen LogP contribution is 2.32. The Kier molecular flexibility index (Phi) is 4.53. The van der Waals surface area contributed by atoms with Crippen molar-refractivity contribution in [1.29, 1.82) is 0 Å². The molecule has 0 bridgehead atoms. The van der Waals surface area contributed by atoms with Gasteiger partial charge in [-0.1, -0.05) is 58.3 Å². The Bertz CT molecular complexity index is 724. The highest BCUT2D eigenvalue weighted by Gasteiger charge is 2.25. The van der Waals surface area contributed by atoms with Gasteiger partial charge in [0.05, 0.1) is 5.69 Å². The van der Waals surface area contributed by atoms with E-state index in [4.69, 9.17) is 16.1 Å². The van der Waals surface area contributed by atoms with Gasteiger partial charge in [0.15, 0.2) is 0 Å². The van der Waals surface area contributed by atoms with Gasteiger partial charge in [0.25, 0.3) is 0 Å². The zero-order chi connectivity index (χ0) is 17.4. The largest absolute Gasteiger partial charge is 0.338 e. The average Bonchev–Trinajstić information content (AvgIpc) is 2.89. The van der Waals surface area contributed by atoms with Crippen LogP contribution in [0.15, 0.2) is 22.7 Å². The number of amides is 1. The minimum Gasteiger partial charge on any atom is -0.338 e. The number of nitrogens with zero attached hydrogens (tertiary/aromatic N) is 2. The predicted octanol–water partition coefficient (Wildman–Crippen LogP) is 4.67. The monoisotopic (exact) mass is 335 g/mol. The standard InChI is InChI=1S/C17H22ClN3O2/c1-16(2,3)14(22)19-12-8-7-10(18)9-11(12)13-20-15(23-21-13)17(4,5)6/h7-9H,1-6H3,(H,19,22). The van der Waals surface area contributed by atoms with Crippen LogP contribution < -0.4 is 5.32 Å². The predicted molar refractivity (Wildman–Crippen MR) is 91.5 cm³/mol. The van der Waals surface area contributed by atoms with Crippen LogP contribution in [0.5, 0.6) is 0 Å². The van der Waals surface area contributed by atoms with Crippen molar-refractivity contribution in [2.24, 2.45) is 5.41 Å². The van der Waals surface area contributed by atoms with Crippen LogP contribution in [-0.2, 0) is 10.2 Å². The molecule has 0 spiro atoms. The van der Waals surface area contributed by atoms with E-state index in [0.717, 1.165) is 0 Å². The van der Waals surface area contributed by atoms with Gasteiger partial charge in [-0.05, 0) is 18.2 Å². The molecule has 0 radical (unpaired) electrons. The molecule has 1 aromatic heterocycles. The van der Waals surface area contributed by atoms with Gasteiger partial charge in [-0.15, -0.1) is 0 Å². The number of aromatic nitrogens is 2. The molecule has 5 nitrogen and oxygen atoms in total. The fourth-order valence-electron chi connectivity index (χ4n) is 1.76. The third-order valence-electron chi connectivity index (χ3n) is 3.22. The highest BCUT2D eigenvalue weighted by atomic mass is 35.5. The van der Waals surface area contributed by atoms with Gasteiger partial charge < -0.3 is 9.84 Å². The van der Waals surface area contributed by atoms with Crippen LogP contribution in [0.25, 0.3) is 11.4 Å². The summed E-state index contributed by atoms with van der Waals surface area (Å²) < 4.78 is 5.33. The summed E-state index contributed by atoms with van der Waals surface area (Å²) >= 11 is 6.09. The number of hydrogen-bond acceptors (Lipinski definition) is 4. The summed E-state index contributed by atoms with van der Waals surface area (Å²) in [5.41, 5.74) is 0.480. The summed E-state index contributed by atoms with van der Waals surface area (Å²) in [4.78, 5) is 16.7. The zero-order valence-electron chi connectivity index (χ0n) is 14.3. The summed E-state index contributed by atoms with van der Waals surface area (Å²) in [5, 5.41) is 7.47. The molecule has 0 saturated carbocycles. The Morgan fingerprint density at radius 2 is 1.83 bits per heavy atom. The maximum absolute atomic E-state index is 12.3. The average molecular weight is 336 g/mol. The smallest absolute Gasteiger partial charge is 0.232 e. The summed E-state index contributed by atoms with van der Waals surface area (Å²) in [7, 11) is 0. The van der Waals surface area contributed by atoms with Gasteiger partial charge in [0.1, 0.15) is 0 Å². The Labute approximate surface area is 141 Å². The second-order valence-corrected chi connectivity index (χ2v) is 8.00. The molecular weight excluding hydrogens is 314 g/mol. The molecule has 0 unspecified atom stereocenters. The summed E-state index contributed by atoms with van der Waals surface area (Å²) in [5.74, 6) is 0.836. The number of nitrogens with one attached hydrogen (secondary N) is 1. The lowest BCUT2D eigenvalue weighted by Gasteiger charge is -2.19. The van der Waals surface area contributed by atoms with Crippen LogP contribution in [0.4, 0.5) is 5.69 Å². The lowest BCUT2D eigenvalue weighted by atomic mass is 9.95. The molecule has 1 N–H and O–H groups in total. The molecule has 23 heavy (non-hydrogen) atoms. The first-order chi connectivity index (χ1) is 10.5. The van der Waals surface area contributed by atoms with E-state index in [1.165, 1.54) is 0 Å². The van der Waals surface area contributed by atoms with Crippen molar-refractivity contribution < 1.29 is 9.32 Å². The van der Waals surface area contributed by atoms with E-state index in [1.807, 2.05) is 41.5 Å². The van der Waals surface area contributed by atoms with Gasteiger partial charge in [-0.25, -0.2) is 0 Å². The molecule has 1 amide bonds. The van der Waals surface area contributed by atoms with Gasteiger partial charge in [0.2, 0.25) is 17.6 Å². The molecule has 1 heterocycles. The van der Waals surface area contributed by atoms with Crippen LogP contribution in [0.2, 0.25) is 5.02 Å². The van der Waals surface area contributed by atoms with Crippen molar-refractivity contribution >= 4 is 23.2 Å². The van der Waals surface area contributed by atoms with E-state index in [0.29, 0.717) is 28.0 Å². The van der Waals surface area contributed by atoms with Crippen molar-refractivity contribution in [3.63, 3.8) is 0 Å². The van der Waals surface area contributed by atoms with Gasteiger partial charge >= 0.3 is 0 Å².